The number of nitrogen functional groups attached to an aromatic ring is 1. The molecule has 4 rings (SSSR count). The van der Waals surface area contributed by atoms with Crippen molar-refractivity contribution >= 4 is 41.3 Å². The average Bonchev–Trinajstić information content (AvgIpc) is 3.44. The maximum absolute atomic E-state index is 12.8. The highest BCUT2D eigenvalue weighted by Gasteiger charge is 2.24. The second-order valence-electron chi connectivity index (χ2n) is 6.48. The summed E-state index contributed by atoms with van der Waals surface area (Å²) in [6, 6.07) is 14.5. The Balaban J connectivity index is 1.55. The Kier molecular flexibility index (Phi) is 6.86. The number of hydrazone groups is 1. The lowest BCUT2D eigenvalue weighted by atomic mass is 10.2. The van der Waals surface area contributed by atoms with E-state index >= 15 is 0 Å². The number of nitrogens with one attached hydrogen (secondary N) is 1. The van der Waals surface area contributed by atoms with E-state index in [1.54, 1.807) is 43.5 Å². The number of nitrogens with zero attached hydrogens (tertiary/aromatic N) is 6. The van der Waals surface area contributed by atoms with Gasteiger partial charge in [0, 0.05) is 15.7 Å². The van der Waals surface area contributed by atoms with Crippen molar-refractivity contribution in [3.05, 3.63) is 70.5 Å². The molecule has 168 valence electrons. The molecule has 0 aliphatic heterocycles. The molecular weight excluding hydrogens is 468 g/mol. The number of amides is 1. The van der Waals surface area contributed by atoms with Crippen molar-refractivity contribution in [3.8, 4) is 11.6 Å². The second kappa shape index (κ2) is 10.1. The summed E-state index contributed by atoms with van der Waals surface area (Å²) >= 11 is 7.40. The molecule has 0 atom stereocenters. The third kappa shape index (κ3) is 5.30. The molecule has 0 fully saturated rings. The summed E-state index contributed by atoms with van der Waals surface area (Å²) < 4.78 is 11.1. The third-order valence-corrected chi connectivity index (χ3v) is 5.63. The third-order valence-electron chi connectivity index (χ3n) is 4.36. The lowest BCUT2D eigenvalue weighted by molar-refractivity contribution is 0.0949. The number of anilines is 1. The van der Waals surface area contributed by atoms with Gasteiger partial charge in [-0.1, -0.05) is 16.8 Å². The average molecular weight is 485 g/mol. The van der Waals surface area contributed by atoms with Gasteiger partial charge in [0.2, 0.25) is 11.6 Å². The normalized spacial score (nSPS) is 11.1. The van der Waals surface area contributed by atoms with Crippen LogP contribution in [0.5, 0.6) is 5.75 Å². The molecule has 0 aliphatic carbocycles. The Morgan fingerprint density at radius 1 is 1.24 bits per heavy atom. The highest BCUT2D eigenvalue weighted by atomic mass is 35.5. The molecule has 0 saturated heterocycles. The summed E-state index contributed by atoms with van der Waals surface area (Å²) in [4.78, 5) is 13.7. The van der Waals surface area contributed by atoms with Crippen LogP contribution in [0.15, 0.2) is 63.2 Å². The fourth-order valence-electron chi connectivity index (χ4n) is 2.71. The standard InChI is InChI=1S/C20H17ClN8O3S/c1-31-14-6-2-12(3-7-14)10-23-25-20(30)17-16(11-33-15-8-4-13(21)5-9-15)29(28-24-17)19-18(22)26-32-27-19/h2-10H,11H2,1H3,(H2,22,26)(H,25,30). The van der Waals surface area contributed by atoms with Crippen LogP contribution in [0, 0.1) is 0 Å². The molecule has 0 unspecified atom stereocenters. The van der Waals surface area contributed by atoms with Gasteiger partial charge in [-0.15, -0.1) is 16.9 Å². The van der Waals surface area contributed by atoms with E-state index in [-0.39, 0.29) is 17.3 Å². The van der Waals surface area contributed by atoms with E-state index in [1.165, 1.54) is 22.7 Å². The van der Waals surface area contributed by atoms with Gasteiger partial charge in [-0.3, -0.25) is 4.79 Å². The maximum atomic E-state index is 12.8. The highest BCUT2D eigenvalue weighted by molar-refractivity contribution is 7.98. The summed E-state index contributed by atoms with van der Waals surface area (Å²) in [6.07, 6.45) is 1.50. The first kappa shape index (κ1) is 22.3. The minimum Gasteiger partial charge on any atom is -0.497 e. The van der Waals surface area contributed by atoms with Crippen molar-refractivity contribution in [2.24, 2.45) is 5.10 Å². The van der Waals surface area contributed by atoms with Gasteiger partial charge in [0.15, 0.2) is 5.69 Å². The van der Waals surface area contributed by atoms with E-state index in [1.807, 2.05) is 12.1 Å². The Morgan fingerprint density at radius 2 is 2.00 bits per heavy atom. The quantitative estimate of drug-likeness (QED) is 0.219. The molecule has 11 nitrogen and oxygen atoms in total. The van der Waals surface area contributed by atoms with Crippen LogP contribution < -0.4 is 15.9 Å². The van der Waals surface area contributed by atoms with Crippen LogP contribution in [0.3, 0.4) is 0 Å². The lowest BCUT2D eigenvalue weighted by Crippen LogP contribution is -2.20. The zero-order chi connectivity index (χ0) is 23.2. The maximum Gasteiger partial charge on any atom is 0.293 e. The predicted octanol–water partition coefficient (Wildman–Crippen LogP) is 2.95. The number of halogens is 1. The number of nitrogens with two attached hydrogens (primary N) is 1. The van der Waals surface area contributed by atoms with Crippen LogP contribution in [-0.2, 0) is 5.75 Å². The number of aromatic nitrogens is 5. The van der Waals surface area contributed by atoms with Crippen molar-refractivity contribution in [3.63, 3.8) is 0 Å². The summed E-state index contributed by atoms with van der Waals surface area (Å²) in [6.45, 7) is 0. The molecular formula is C20H17ClN8O3S. The smallest absolute Gasteiger partial charge is 0.293 e. The minimum atomic E-state index is -0.548. The topological polar surface area (TPSA) is 146 Å². The molecule has 2 heterocycles. The predicted molar refractivity (Wildman–Crippen MR) is 123 cm³/mol. The van der Waals surface area contributed by atoms with Gasteiger partial charge in [-0.05, 0) is 64.4 Å². The number of hydrogen-bond donors (Lipinski definition) is 2. The van der Waals surface area contributed by atoms with E-state index in [0.717, 1.165) is 16.2 Å². The van der Waals surface area contributed by atoms with Gasteiger partial charge in [-0.2, -0.15) is 9.78 Å². The van der Waals surface area contributed by atoms with Gasteiger partial charge in [0.25, 0.3) is 5.91 Å². The molecule has 4 aromatic rings. The minimum absolute atomic E-state index is 0.0159. The molecule has 0 spiro atoms. The Hall–Kier alpha value is -3.90. The van der Waals surface area contributed by atoms with Gasteiger partial charge in [0.1, 0.15) is 5.75 Å². The number of rotatable bonds is 8. The van der Waals surface area contributed by atoms with Crippen LogP contribution in [0.25, 0.3) is 5.82 Å². The largest absolute Gasteiger partial charge is 0.497 e. The molecule has 2 aromatic heterocycles. The van der Waals surface area contributed by atoms with Crippen molar-refractivity contribution in [2.75, 3.05) is 12.8 Å². The van der Waals surface area contributed by atoms with Crippen molar-refractivity contribution in [2.45, 2.75) is 10.6 Å². The molecule has 0 aliphatic rings. The number of thioether (sulfide) groups is 1. The van der Waals surface area contributed by atoms with E-state index in [2.05, 4.69) is 35.8 Å². The van der Waals surface area contributed by atoms with Gasteiger partial charge >= 0.3 is 0 Å². The SMILES string of the molecule is COc1ccc(C=NNC(=O)c2nnn(-c3nonc3N)c2CSc2ccc(Cl)cc2)cc1. The van der Waals surface area contributed by atoms with Crippen molar-refractivity contribution in [1.82, 2.24) is 30.7 Å². The lowest BCUT2D eigenvalue weighted by Gasteiger charge is -2.06. The summed E-state index contributed by atoms with van der Waals surface area (Å²) in [5.74, 6) is 0.647. The summed E-state index contributed by atoms with van der Waals surface area (Å²) in [5, 5.41) is 20.0. The fraction of sp³-hybridized carbons (Fsp3) is 0.100. The molecule has 0 bridgehead atoms. The second-order valence-corrected chi connectivity index (χ2v) is 7.97. The number of hydrogen-bond acceptors (Lipinski definition) is 10. The Morgan fingerprint density at radius 3 is 2.67 bits per heavy atom. The Labute approximate surface area is 196 Å². The molecule has 3 N–H and O–H groups in total. The van der Waals surface area contributed by atoms with E-state index in [4.69, 9.17) is 22.1 Å². The first-order chi connectivity index (χ1) is 16.0. The first-order valence-electron chi connectivity index (χ1n) is 9.44. The fourth-order valence-corrected chi connectivity index (χ4v) is 3.72. The molecule has 13 heteroatoms. The Bertz CT molecular complexity index is 1270. The van der Waals surface area contributed by atoms with E-state index in [9.17, 15) is 4.79 Å². The number of ether oxygens (including phenoxy) is 1. The van der Waals surface area contributed by atoms with Crippen LogP contribution in [0.4, 0.5) is 5.82 Å². The molecule has 0 radical (unpaired) electrons. The van der Waals surface area contributed by atoms with Gasteiger partial charge in [-0.25, -0.2) is 10.1 Å². The zero-order valence-electron chi connectivity index (χ0n) is 17.2. The highest BCUT2D eigenvalue weighted by Crippen LogP contribution is 2.27. The van der Waals surface area contributed by atoms with E-state index < -0.39 is 5.91 Å². The van der Waals surface area contributed by atoms with Crippen LogP contribution in [0.1, 0.15) is 21.7 Å². The number of carbonyl (C=O) groups is 1. The van der Waals surface area contributed by atoms with Crippen LogP contribution in [0.2, 0.25) is 5.02 Å². The summed E-state index contributed by atoms with van der Waals surface area (Å²) in [7, 11) is 1.59. The monoisotopic (exact) mass is 484 g/mol. The zero-order valence-corrected chi connectivity index (χ0v) is 18.7. The van der Waals surface area contributed by atoms with Crippen LogP contribution in [-0.4, -0.2) is 44.5 Å². The summed E-state index contributed by atoms with van der Waals surface area (Å²) in [5.41, 5.74) is 9.54. The van der Waals surface area contributed by atoms with Gasteiger partial charge in [0.05, 0.1) is 19.0 Å². The van der Waals surface area contributed by atoms with Gasteiger partial charge < -0.3 is 10.5 Å². The van der Waals surface area contributed by atoms with Crippen LogP contribution >= 0.6 is 23.4 Å². The first-order valence-corrected chi connectivity index (χ1v) is 10.8. The van der Waals surface area contributed by atoms with Crippen molar-refractivity contribution in [1.29, 1.82) is 0 Å². The molecule has 0 saturated carbocycles. The molecule has 2 aromatic carbocycles. The molecule has 33 heavy (non-hydrogen) atoms. The number of methoxy groups -OCH3 is 1. The molecule has 1 amide bonds. The number of carbonyl (C=O) groups excluding carboxylic acids is 1. The number of benzene rings is 2. The van der Waals surface area contributed by atoms with E-state index in [0.29, 0.717) is 16.5 Å². The van der Waals surface area contributed by atoms with Crippen molar-refractivity contribution < 1.29 is 14.2 Å².